The zero-order valence-electron chi connectivity index (χ0n) is 24.1. The van der Waals surface area contributed by atoms with Crippen molar-refractivity contribution in [2.45, 2.75) is 52.2 Å². The number of rotatable bonds is 14. The number of hydroxylamine groups is 1. The zero-order valence-corrected chi connectivity index (χ0v) is 24.9. The Morgan fingerprint density at radius 3 is 2.34 bits per heavy atom. The van der Waals surface area contributed by atoms with E-state index in [1.165, 1.54) is 19.2 Å². The van der Waals surface area contributed by atoms with Crippen LogP contribution < -0.4 is 20.1 Å². The normalized spacial score (nSPS) is 17.1. The second kappa shape index (κ2) is 15.6. The molecule has 41 heavy (non-hydrogen) atoms. The Labute approximate surface area is 243 Å². The number of hydrogen-bond acceptors (Lipinski definition) is 7. The van der Waals surface area contributed by atoms with Crippen LogP contribution >= 0.6 is 0 Å². The molecule has 2 aromatic rings. The Kier molecular flexibility index (Phi) is 12.2. The first kappa shape index (κ1) is 32.1. The van der Waals surface area contributed by atoms with Crippen molar-refractivity contribution >= 4 is 33.6 Å². The summed E-state index contributed by atoms with van der Waals surface area (Å²) in [6.07, 6.45) is 7.24. The van der Waals surface area contributed by atoms with Gasteiger partial charge in [0.1, 0.15) is 5.75 Å². The molecule has 0 saturated carbocycles. The number of allylic oxidation sites excluding steroid dienone is 1. The van der Waals surface area contributed by atoms with Gasteiger partial charge in [0.25, 0.3) is 0 Å². The van der Waals surface area contributed by atoms with Crippen LogP contribution in [0, 0.1) is 17.8 Å². The molecule has 224 valence electrons. The maximum absolute atomic E-state index is 13.8. The predicted octanol–water partition coefficient (Wildman–Crippen LogP) is 4.45. The van der Waals surface area contributed by atoms with Gasteiger partial charge < -0.3 is 9.47 Å². The van der Waals surface area contributed by atoms with E-state index in [1.807, 2.05) is 56.3 Å². The van der Waals surface area contributed by atoms with Crippen molar-refractivity contribution in [2.75, 3.05) is 24.4 Å². The molecule has 0 aromatic heterocycles. The van der Waals surface area contributed by atoms with Crippen LogP contribution in [0.25, 0.3) is 6.08 Å². The highest BCUT2D eigenvalue weighted by Gasteiger charge is 2.36. The average Bonchev–Trinajstić information content (AvgIpc) is 2.96. The van der Waals surface area contributed by atoms with E-state index in [-0.39, 0.29) is 18.0 Å². The van der Waals surface area contributed by atoms with Gasteiger partial charge in [0, 0.05) is 13.0 Å². The molecule has 0 radical (unpaired) electrons. The predicted molar refractivity (Wildman–Crippen MR) is 158 cm³/mol. The van der Waals surface area contributed by atoms with E-state index in [0.29, 0.717) is 25.2 Å². The number of sulfonamides is 1. The fourth-order valence-corrected chi connectivity index (χ4v) is 5.33. The molecule has 1 saturated heterocycles. The van der Waals surface area contributed by atoms with Gasteiger partial charge in [-0.05, 0) is 61.4 Å². The van der Waals surface area contributed by atoms with Crippen molar-refractivity contribution in [3.8, 4) is 5.75 Å². The maximum atomic E-state index is 13.8. The minimum Gasteiger partial charge on any atom is -0.497 e. The minimum absolute atomic E-state index is 0.0365. The Bertz CT molecular complexity index is 1240. The smallest absolute Gasteiger partial charge is 0.249 e. The van der Waals surface area contributed by atoms with E-state index >= 15 is 0 Å². The van der Waals surface area contributed by atoms with Gasteiger partial charge in [0.2, 0.25) is 21.8 Å². The van der Waals surface area contributed by atoms with E-state index in [2.05, 4.69) is 10.9 Å². The summed E-state index contributed by atoms with van der Waals surface area (Å²) in [5, 5.41) is 0. The first-order valence-corrected chi connectivity index (χ1v) is 15.7. The van der Waals surface area contributed by atoms with Crippen LogP contribution in [0.3, 0.4) is 0 Å². The second-order valence-corrected chi connectivity index (χ2v) is 12.3. The summed E-state index contributed by atoms with van der Waals surface area (Å²) < 4.78 is 37.0. The summed E-state index contributed by atoms with van der Waals surface area (Å²) in [5.41, 5.74) is 6.25. The molecule has 3 atom stereocenters. The molecule has 0 bridgehead atoms. The van der Waals surface area contributed by atoms with Crippen LogP contribution in [0.4, 0.5) is 5.69 Å². The minimum atomic E-state index is -3.91. The Morgan fingerprint density at radius 2 is 1.76 bits per heavy atom. The average molecular weight is 588 g/mol. The molecule has 2 amide bonds. The summed E-state index contributed by atoms with van der Waals surface area (Å²) in [7, 11) is -2.41. The molecule has 3 rings (SSSR count). The number of amides is 2. The molecule has 2 aromatic carbocycles. The fourth-order valence-electron chi connectivity index (χ4n) is 4.57. The number of anilines is 1. The molecular weight excluding hydrogens is 546 g/mol. The molecule has 0 spiro atoms. The molecule has 1 unspecified atom stereocenters. The van der Waals surface area contributed by atoms with E-state index in [0.717, 1.165) is 29.1 Å². The van der Waals surface area contributed by atoms with E-state index in [9.17, 15) is 18.0 Å². The van der Waals surface area contributed by atoms with Gasteiger partial charge in [0.05, 0.1) is 30.9 Å². The number of carbonyl (C=O) groups is 2. The highest BCUT2D eigenvalue weighted by molar-refractivity contribution is 7.92. The number of hydrazine groups is 1. The van der Waals surface area contributed by atoms with Crippen LogP contribution in [0.2, 0.25) is 0 Å². The standard InChI is InChI=1S/C30H41N3O7S/c1-22(2)21-27(29(34)31-33(41(4,36)37)24-16-18-25(38-3)19-17-24)26(14-10-13-23-11-6-5-7-12-23)30(35)32-40-28-15-8-9-20-39-28/h5-7,10-13,16-19,22,26-28H,8-9,14-15,20-21H2,1-4H3,(H,31,34)(H,32,35)/t26-,27?,28+/m1/s1. The first-order chi connectivity index (χ1) is 19.6. The van der Waals surface area contributed by atoms with Gasteiger partial charge in [-0.1, -0.05) is 56.3 Å². The van der Waals surface area contributed by atoms with Crippen molar-refractivity contribution < 1.29 is 32.3 Å². The molecule has 1 aliphatic heterocycles. The molecule has 10 nitrogen and oxygen atoms in total. The van der Waals surface area contributed by atoms with Crippen molar-refractivity contribution in [3.63, 3.8) is 0 Å². The van der Waals surface area contributed by atoms with Crippen LogP contribution in [0.1, 0.15) is 51.5 Å². The van der Waals surface area contributed by atoms with Crippen molar-refractivity contribution in [1.82, 2.24) is 10.9 Å². The van der Waals surface area contributed by atoms with E-state index < -0.39 is 40.0 Å². The second-order valence-electron chi connectivity index (χ2n) is 10.5. The molecule has 0 aliphatic carbocycles. The van der Waals surface area contributed by atoms with Gasteiger partial charge in [-0.2, -0.15) is 4.41 Å². The SMILES string of the molecule is COc1ccc(N(NC(=O)C(CC(C)C)[C@@H](CC=Cc2ccccc2)C(=O)NO[C@H]2CCCCO2)S(C)(=O)=O)cc1. The monoisotopic (exact) mass is 587 g/mol. The molecule has 11 heteroatoms. The molecule has 2 N–H and O–H groups in total. The third kappa shape index (κ3) is 10.2. The van der Waals surface area contributed by atoms with Crippen molar-refractivity contribution in [3.05, 3.63) is 66.2 Å². The molecule has 1 fully saturated rings. The van der Waals surface area contributed by atoms with Crippen LogP contribution in [-0.2, 0) is 29.2 Å². The lowest BCUT2D eigenvalue weighted by Crippen LogP contribution is -2.51. The number of nitrogens with one attached hydrogen (secondary N) is 2. The maximum Gasteiger partial charge on any atom is 0.249 e. The Balaban J connectivity index is 1.88. The lowest BCUT2D eigenvalue weighted by molar-refractivity contribution is -0.203. The van der Waals surface area contributed by atoms with Crippen LogP contribution in [0.15, 0.2) is 60.7 Å². The lowest BCUT2D eigenvalue weighted by atomic mass is 9.82. The van der Waals surface area contributed by atoms with Crippen LogP contribution in [0.5, 0.6) is 5.75 Å². The van der Waals surface area contributed by atoms with Crippen molar-refractivity contribution in [2.24, 2.45) is 17.8 Å². The van der Waals surface area contributed by atoms with Gasteiger partial charge in [-0.3, -0.25) is 15.0 Å². The summed E-state index contributed by atoms with van der Waals surface area (Å²) in [4.78, 5) is 32.9. The number of ether oxygens (including phenoxy) is 2. The number of nitrogens with zero attached hydrogens (tertiary/aromatic N) is 1. The Hall–Kier alpha value is -3.41. The summed E-state index contributed by atoms with van der Waals surface area (Å²) in [6, 6.07) is 15.9. The molecule has 1 heterocycles. The zero-order chi connectivity index (χ0) is 29.8. The number of benzene rings is 2. The van der Waals surface area contributed by atoms with Crippen LogP contribution in [-0.4, -0.2) is 46.5 Å². The molecular formula is C30H41N3O7S. The van der Waals surface area contributed by atoms with E-state index in [4.69, 9.17) is 14.3 Å². The van der Waals surface area contributed by atoms with Crippen molar-refractivity contribution in [1.29, 1.82) is 0 Å². The van der Waals surface area contributed by atoms with Gasteiger partial charge >= 0.3 is 0 Å². The van der Waals surface area contributed by atoms with Gasteiger partial charge in [-0.25, -0.2) is 18.7 Å². The summed E-state index contributed by atoms with van der Waals surface area (Å²) in [6.45, 7) is 4.44. The summed E-state index contributed by atoms with van der Waals surface area (Å²) >= 11 is 0. The fraction of sp³-hybridized carbons (Fsp3) is 0.467. The third-order valence-corrected chi connectivity index (χ3v) is 7.63. The lowest BCUT2D eigenvalue weighted by Gasteiger charge is -2.30. The summed E-state index contributed by atoms with van der Waals surface area (Å²) in [5.74, 6) is -2.22. The number of methoxy groups -OCH3 is 1. The highest BCUT2D eigenvalue weighted by atomic mass is 32.2. The first-order valence-electron chi connectivity index (χ1n) is 13.8. The quantitative estimate of drug-likeness (QED) is 0.313. The number of carbonyl (C=O) groups excluding carboxylic acids is 2. The third-order valence-electron chi connectivity index (χ3n) is 6.66. The molecule has 1 aliphatic rings. The largest absolute Gasteiger partial charge is 0.497 e. The highest BCUT2D eigenvalue weighted by Crippen LogP contribution is 2.27. The van der Waals surface area contributed by atoms with Gasteiger partial charge in [0.15, 0.2) is 6.29 Å². The number of hydrogen-bond donors (Lipinski definition) is 2. The van der Waals surface area contributed by atoms with Gasteiger partial charge in [-0.15, -0.1) is 0 Å². The van der Waals surface area contributed by atoms with E-state index in [1.54, 1.807) is 12.1 Å². The topological polar surface area (TPSA) is 123 Å². The Morgan fingerprint density at radius 1 is 1.05 bits per heavy atom.